The molecule has 0 atom stereocenters. The third kappa shape index (κ3) is 3.44. The second kappa shape index (κ2) is 5.03. The highest BCUT2D eigenvalue weighted by molar-refractivity contribution is 5.31. The van der Waals surface area contributed by atoms with Crippen molar-refractivity contribution in [2.24, 2.45) is 0 Å². The standard InChI is InChI=1S/C9H5F5N2O2/c10-8(11)6-7(18-9(12,13)14)5(17)3-4(16-6)1-2-15/h3,8H,1H2,(H,16,17). The van der Waals surface area contributed by atoms with Gasteiger partial charge in [-0.2, -0.15) is 5.26 Å². The van der Waals surface area contributed by atoms with E-state index < -0.39 is 36.1 Å². The monoisotopic (exact) mass is 268 g/mol. The smallest absolute Gasteiger partial charge is 0.399 e. The van der Waals surface area contributed by atoms with Crippen LogP contribution in [-0.2, 0) is 6.42 Å². The molecule has 0 aliphatic rings. The summed E-state index contributed by atoms with van der Waals surface area (Å²) in [5.74, 6) is -1.51. The topological polar surface area (TPSA) is 65.9 Å². The first kappa shape index (κ1) is 14.0. The number of nitrogens with zero attached hydrogens (tertiary/aromatic N) is 1. The summed E-state index contributed by atoms with van der Waals surface area (Å²) in [5, 5.41) is 8.33. The van der Waals surface area contributed by atoms with Gasteiger partial charge in [-0.3, -0.25) is 4.79 Å². The van der Waals surface area contributed by atoms with Crippen LogP contribution in [0.3, 0.4) is 0 Å². The first-order chi connectivity index (χ1) is 8.24. The Bertz CT molecular complexity index is 529. The van der Waals surface area contributed by atoms with Crippen molar-refractivity contribution in [2.75, 3.05) is 0 Å². The van der Waals surface area contributed by atoms with E-state index in [1.807, 2.05) is 4.98 Å². The van der Waals surface area contributed by atoms with Crippen molar-refractivity contribution in [3.63, 3.8) is 0 Å². The number of alkyl halides is 5. The van der Waals surface area contributed by atoms with E-state index in [1.54, 1.807) is 6.07 Å². The number of aromatic nitrogens is 1. The van der Waals surface area contributed by atoms with Crippen molar-refractivity contribution in [3.05, 3.63) is 27.7 Å². The van der Waals surface area contributed by atoms with Crippen LogP contribution in [0, 0.1) is 11.3 Å². The van der Waals surface area contributed by atoms with E-state index in [0.717, 1.165) is 0 Å². The molecule has 4 nitrogen and oxygen atoms in total. The number of H-pyrrole nitrogens is 1. The van der Waals surface area contributed by atoms with Crippen molar-refractivity contribution < 1.29 is 26.7 Å². The average Bonchev–Trinajstić information content (AvgIpc) is 2.20. The molecule has 1 N–H and O–H groups in total. The minimum Gasteiger partial charge on any atom is -0.399 e. The van der Waals surface area contributed by atoms with Crippen molar-refractivity contribution >= 4 is 0 Å². The van der Waals surface area contributed by atoms with Gasteiger partial charge in [0.05, 0.1) is 12.5 Å². The van der Waals surface area contributed by atoms with E-state index in [4.69, 9.17) is 5.26 Å². The number of hydrogen-bond acceptors (Lipinski definition) is 3. The van der Waals surface area contributed by atoms with Crippen molar-refractivity contribution in [2.45, 2.75) is 19.2 Å². The van der Waals surface area contributed by atoms with Crippen molar-refractivity contribution in [1.82, 2.24) is 4.98 Å². The summed E-state index contributed by atoms with van der Waals surface area (Å²) in [6.45, 7) is 0. The predicted molar refractivity (Wildman–Crippen MR) is 48.0 cm³/mol. The molecule has 0 saturated heterocycles. The normalized spacial score (nSPS) is 11.4. The second-order valence-corrected chi connectivity index (χ2v) is 3.09. The number of nitriles is 1. The zero-order chi connectivity index (χ0) is 13.9. The molecular weight excluding hydrogens is 263 g/mol. The van der Waals surface area contributed by atoms with Crippen LogP contribution >= 0.6 is 0 Å². The Morgan fingerprint density at radius 2 is 2.06 bits per heavy atom. The van der Waals surface area contributed by atoms with Crippen LogP contribution in [-0.4, -0.2) is 11.3 Å². The molecular formula is C9H5F5N2O2. The van der Waals surface area contributed by atoms with Crippen LogP contribution in [0.15, 0.2) is 10.9 Å². The van der Waals surface area contributed by atoms with Gasteiger partial charge in [-0.1, -0.05) is 0 Å². The second-order valence-electron chi connectivity index (χ2n) is 3.09. The van der Waals surface area contributed by atoms with E-state index in [2.05, 4.69) is 4.74 Å². The van der Waals surface area contributed by atoms with Gasteiger partial charge in [0.25, 0.3) is 6.43 Å². The number of halogens is 5. The molecule has 0 unspecified atom stereocenters. The fourth-order valence-corrected chi connectivity index (χ4v) is 1.18. The summed E-state index contributed by atoms with van der Waals surface area (Å²) in [6.07, 6.45) is -9.04. The lowest BCUT2D eigenvalue weighted by Crippen LogP contribution is -2.24. The Hall–Kier alpha value is -2.11. The lowest BCUT2D eigenvalue weighted by Gasteiger charge is -2.12. The van der Waals surface area contributed by atoms with E-state index in [0.29, 0.717) is 6.07 Å². The molecule has 98 valence electrons. The number of hydrogen-bond donors (Lipinski definition) is 1. The van der Waals surface area contributed by atoms with Gasteiger partial charge < -0.3 is 9.72 Å². The molecule has 0 spiro atoms. The van der Waals surface area contributed by atoms with Gasteiger partial charge in [0, 0.05) is 11.8 Å². The lowest BCUT2D eigenvalue weighted by molar-refractivity contribution is -0.275. The zero-order valence-corrected chi connectivity index (χ0v) is 8.52. The summed E-state index contributed by atoms with van der Waals surface area (Å²) in [6, 6.07) is 2.17. The summed E-state index contributed by atoms with van der Waals surface area (Å²) in [4.78, 5) is 13.1. The van der Waals surface area contributed by atoms with Crippen LogP contribution in [0.25, 0.3) is 0 Å². The van der Waals surface area contributed by atoms with E-state index in [9.17, 15) is 26.7 Å². The third-order valence-electron chi connectivity index (χ3n) is 1.77. The molecule has 0 amide bonds. The first-order valence-electron chi connectivity index (χ1n) is 4.41. The molecule has 0 aromatic carbocycles. The highest BCUT2D eigenvalue weighted by atomic mass is 19.4. The van der Waals surface area contributed by atoms with Gasteiger partial charge in [0.1, 0.15) is 5.69 Å². The van der Waals surface area contributed by atoms with E-state index in [1.165, 1.54) is 0 Å². The Kier molecular flexibility index (Phi) is 3.90. The van der Waals surface area contributed by atoms with Crippen molar-refractivity contribution in [1.29, 1.82) is 5.26 Å². The van der Waals surface area contributed by atoms with Crippen LogP contribution in [0.1, 0.15) is 17.8 Å². The van der Waals surface area contributed by atoms with Gasteiger partial charge >= 0.3 is 6.36 Å². The molecule has 0 aliphatic heterocycles. The maximum Gasteiger partial charge on any atom is 0.573 e. The fraction of sp³-hybridized carbons (Fsp3) is 0.333. The van der Waals surface area contributed by atoms with Gasteiger partial charge in [-0.15, -0.1) is 13.2 Å². The number of rotatable bonds is 3. The molecule has 1 heterocycles. The molecule has 1 aromatic heterocycles. The summed E-state index contributed by atoms with van der Waals surface area (Å²) < 4.78 is 64.1. The lowest BCUT2D eigenvalue weighted by atomic mass is 10.2. The first-order valence-corrected chi connectivity index (χ1v) is 4.41. The fourth-order valence-electron chi connectivity index (χ4n) is 1.18. The highest BCUT2D eigenvalue weighted by Crippen LogP contribution is 2.28. The number of aromatic amines is 1. The number of pyridine rings is 1. The van der Waals surface area contributed by atoms with E-state index >= 15 is 0 Å². The Morgan fingerprint density at radius 3 is 2.50 bits per heavy atom. The predicted octanol–water partition coefficient (Wildman–Crippen LogP) is 2.28. The largest absolute Gasteiger partial charge is 0.573 e. The quantitative estimate of drug-likeness (QED) is 0.855. The minimum atomic E-state index is -5.26. The van der Waals surface area contributed by atoms with Crippen LogP contribution in [0.2, 0.25) is 0 Å². The molecule has 1 aromatic rings. The summed E-state index contributed by atoms with van der Waals surface area (Å²) in [5.41, 5.74) is -2.89. The molecule has 1 rings (SSSR count). The van der Waals surface area contributed by atoms with Crippen LogP contribution in [0.4, 0.5) is 22.0 Å². The van der Waals surface area contributed by atoms with E-state index in [-0.39, 0.29) is 5.69 Å². The molecule has 0 radical (unpaired) electrons. The molecule has 0 fully saturated rings. The SMILES string of the molecule is N#CCc1cc(=O)c(OC(F)(F)F)c(C(F)F)[nH]1. The Labute approximate surface area is 96.6 Å². The maximum absolute atomic E-state index is 12.5. The number of nitrogens with one attached hydrogen (secondary N) is 1. The summed E-state index contributed by atoms with van der Waals surface area (Å²) >= 11 is 0. The van der Waals surface area contributed by atoms with Gasteiger partial charge in [-0.25, -0.2) is 8.78 Å². The van der Waals surface area contributed by atoms with Crippen LogP contribution in [0.5, 0.6) is 5.75 Å². The molecule has 0 aliphatic carbocycles. The molecule has 9 heteroatoms. The molecule has 18 heavy (non-hydrogen) atoms. The molecule has 0 saturated carbocycles. The van der Waals surface area contributed by atoms with Gasteiger partial charge in [-0.05, 0) is 0 Å². The Morgan fingerprint density at radius 1 is 1.44 bits per heavy atom. The van der Waals surface area contributed by atoms with Gasteiger partial charge in [0.2, 0.25) is 11.2 Å². The summed E-state index contributed by atoms with van der Waals surface area (Å²) in [7, 11) is 0. The highest BCUT2D eigenvalue weighted by Gasteiger charge is 2.35. The van der Waals surface area contributed by atoms with Crippen LogP contribution < -0.4 is 10.2 Å². The average molecular weight is 268 g/mol. The zero-order valence-electron chi connectivity index (χ0n) is 8.52. The number of ether oxygens (including phenoxy) is 1. The Balaban J connectivity index is 3.33. The third-order valence-corrected chi connectivity index (χ3v) is 1.77. The van der Waals surface area contributed by atoms with Gasteiger partial charge in [0.15, 0.2) is 0 Å². The van der Waals surface area contributed by atoms with Crippen molar-refractivity contribution in [3.8, 4) is 11.8 Å². The molecule has 0 bridgehead atoms. The minimum absolute atomic E-state index is 0.215. The maximum atomic E-state index is 12.5.